The highest BCUT2D eigenvalue weighted by molar-refractivity contribution is 5.69. The van der Waals surface area contributed by atoms with E-state index in [2.05, 4.69) is 0 Å². The lowest BCUT2D eigenvalue weighted by molar-refractivity contribution is -0.142. The molecular formula is C8H16O3. The summed E-state index contributed by atoms with van der Waals surface area (Å²) in [5.41, 5.74) is 0. The maximum absolute atomic E-state index is 10.5. The van der Waals surface area contributed by atoms with Gasteiger partial charge in [-0.1, -0.05) is 6.92 Å². The summed E-state index contributed by atoms with van der Waals surface area (Å²) in [6, 6.07) is 0. The van der Waals surface area contributed by atoms with Gasteiger partial charge in [-0.15, -0.1) is 0 Å². The number of hydrogen-bond donors (Lipinski definition) is 1. The van der Waals surface area contributed by atoms with Crippen LogP contribution in [0.15, 0.2) is 0 Å². The molecule has 0 bridgehead atoms. The largest absolute Gasteiger partial charge is 0.481 e. The molecule has 0 aliphatic heterocycles. The molecule has 0 radical (unpaired) electrons. The molecule has 0 aliphatic rings. The Labute approximate surface area is 67.4 Å². The molecule has 11 heavy (non-hydrogen) atoms. The number of rotatable bonds is 6. The van der Waals surface area contributed by atoms with E-state index in [0.717, 1.165) is 12.8 Å². The normalized spacial score (nSPS) is 12.9. The summed E-state index contributed by atoms with van der Waals surface area (Å²) >= 11 is 0. The summed E-state index contributed by atoms with van der Waals surface area (Å²) in [4.78, 5) is 10.5. The number of ether oxygens (including phenoxy) is 1. The molecule has 0 heterocycles. The summed E-state index contributed by atoms with van der Waals surface area (Å²) < 4.78 is 4.82. The highest BCUT2D eigenvalue weighted by Crippen LogP contribution is 2.10. The third-order valence-electron chi connectivity index (χ3n) is 1.74. The van der Waals surface area contributed by atoms with Gasteiger partial charge in [0.1, 0.15) is 0 Å². The molecule has 3 nitrogen and oxygen atoms in total. The number of methoxy groups -OCH3 is 1. The van der Waals surface area contributed by atoms with Crippen LogP contribution in [0, 0.1) is 5.92 Å². The first-order valence-electron chi connectivity index (χ1n) is 3.94. The van der Waals surface area contributed by atoms with Crippen molar-refractivity contribution in [2.45, 2.75) is 26.2 Å². The molecular weight excluding hydrogens is 144 g/mol. The summed E-state index contributed by atoms with van der Waals surface area (Å²) in [5.74, 6) is -0.881. The van der Waals surface area contributed by atoms with Gasteiger partial charge in [-0.05, 0) is 19.3 Å². The van der Waals surface area contributed by atoms with Crippen LogP contribution in [0.25, 0.3) is 0 Å². The van der Waals surface area contributed by atoms with Crippen LogP contribution in [-0.4, -0.2) is 24.8 Å². The van der Waals surface area contributed by atoms with Crippen molar-refractivity contribution in [3.63, 3.8) is 0 Å². The molecule has 1 unspecified atom stereocenters. The molecule has 66 valence electrons. The first-order valence-corrected chi connectivity index (χ1v) is 3.94. The van der Waals surface area contributed by atoms with Crippen LogP contribution in [0.2, 0.25) is 0 Å². The first kappa shape index (κ1) is 10.4. The second-order valence-electron chi connectivity index (χ2n) is 2.58. The Kier molecular flexibility index (Phi) is 5.84. The molecule has 1 N–H and O–H groups in total. The Hall–Kier alpha value is -0.570. The zero-order valence-electron chi connectivity index (χ0n) is 7.17. The van der Waals surface area contributed by atoms with Crippen LogP contribution < -0.4 is 0 Å². The predicted octanol–water partition coefficient (Wildman–Crippen LogP) is 1.52. The highest BCUT2D eigenvalue weighted by atomic mass is 16.5. The van der Waals surface area contributed by atoms with Crippen molar-refractivity contribution >= 4 is 5.97 Å². The Morgan fingerprint density at radius 1 is 1.64 bits per heavy atom. The number of carboxylic acid groups (broad SMARTS) is 1. The summed E-state index contributed by atoms with van der Waals surface area (Å²) in [6.45, 7) is 2.55. The minimum Gasteiger partial charge on any atom is -0.481 e. The monoisotopic (exact) mass is 160 g/mol. The molecule has 0 saturated heterocycles. The van der Waals surface area contributed by atoms with E-state index in [-0.39, 0.29) is 5.92 Å². The predicted molar refractivity (Wildman–Crippen MR) is 42.5 cm³/mol. The molecule has 0 aromatic rings. The number of carboxylic acids is 1. The number of hydrogen-bond acceptors (Lipinski definition) is 2. The van der Waals surface area contributed by atoms with E-state index in [1.54, 1.807) is 7.11 Å². The van der Waals surface area contributed by atoms with Crippen molar-refractivity contribution in [2.75, 3.05) is 13.7 Å². The molecule has 0 amide bonds. The van der Waals surface area contributed by atoms with Gasteiger partial charge in [0.05, 0.1) is 5.92 Å². The number of carbonyl (C=O) groups is 1. The highest BCUT2D eigenvalue weighted by Gasteiger charge is 2.13. The molecule has 3 heteroatoms. The lowest BCUT2D eigenvalue weighted by Crippen LogP contribution is -2.12. The average molecular weight is 160 g/mol. The lowest BCUT2D eigenvalue weighted by atomic mass is 10.0. The molecule has 0 saturated carbocycles. The van der Waals surface area contributed by atoms with Crippen molar-refractivity contribution in [2.24, 2.45) is 5.92 Å². The van der Waals surface area contributed by atoms with Gasteiger partial charge in [0.15, 0.2) is 0 Å². The maximum Gasteiger partial charge on any atom is 0.306 e. The second kappa shape index (κ2) is 6.16. The molecule has 0 spiro atoms. The van der Waals surface area contributed by atoms with E-state index in [1.807, 2.05) is 6.92 Å². The first-order chi connectivity index (χ1) is 5.22. The fourth-order valence-corrected chi connectivity index (χ4v) is 0.976. The summed E-state index contributed by atoms with van der Waals surface area (Å²) in [7, 11) is 1.63. The van der Waals surface area contributed by atoms with Gasteiger partial charge < -0.3 is 9.84 Å². The fraction of sp³-hybridized carbons (Fsp3) is 0.875. The van der Waals surface area contributed by atoms with Gasteiger partial charge in [0.2, 0.25) is 0 Å². The maximum atomic E-state index is 10.5. The van der Waals surface area contributed by atoms with Gasteiger partial charge in [-0.25, -0.2) is 0 Å². The third kappa shape index (κ3) is 4.79. The molecule has 0 aromatic carbocycles. The Bertz CT molecular complexity index is 112. The van der Waals surface area contributed by atoms with E-state index in [1.165, 1.54) is 0 Å². The van der Waals surface area contributed by atoms with Crippen LogP contribution in [0.5, 0.6) is 0 Å². The zero-order valence-corrected chi connectivity index (χ0v) is 7.17. The minimum atomic E-state index is -0.691. The van der Waals surface area contributed by atoms with Gasteiger partial charge in [-0.3, -0.25) is 4.79 Å². The molecule has 0 fully saturated rings. The molecule has 1 atom stereocenters. The fourth-order valence-electron chi connectivity index (χ4n) is 0.976. The van der Waals surface area contributed by atoms with E-state index in [9.17, 15) is 4.79 Å². The van der Waals surface area contributed by atoms with Crippen LogP contribution in [0.1, 0.15) is 26.2 Å². The van der Waals surface area contributed by atoms with Crippen molar-refractivity contribution < 1.29 is 14.6 Å². The number of aliphatic carboxylic acids is 1. The van der Waals surface area contributed by atoms with Crippen molar-refractivity contribution in [1.29, 1.82) is 0 Å². The standard InChI is InChI=1S/C8H16O3/c1-3-7(8(9)10)5-4-6-11-2/h7H,3-6H2,1-2H3,(H,9,10). The Morgan fingerprint density at radius 2 is 2.27 bits per heavy atom. The molecule has 0 aliphatic carbocycles. The van der Waals surface area contributed by atoms with E-state index in [4.69, 9.17) is 9.84 Å². The van der Waals surface area contributed by atoms with Crippen LogP contribution in [-0.2, 0) is 9.53 Å². The van der Waals surface area contributed by atoms with Crippen molar-refractivity contribution in [1.82, 2.24) is 0 Å². The lowest BCUT2D eigenvalue weighted by Gasteiger charge is -2.07. The van der Waals surface area contributed by atoms with Crippen molar-refractivity contribution in [3.8, 4) is 0 Å². The zero-order chi connectivity index (χ0) is 8.69. The third-order valence-corrected chi connectivity index (χ3v) is 1.74. The van der Waals surface area contributed by atoms with E-state index in [0.29, 0.717) is 13.0 Å². The van der Waals surface area contributed by atoms with Gasteiger partial charge >= 0.3 is 5.97 Å². The average Bonchev–Trinajstić information content (AvgIpc) is 1.97. The van der Waals surface area contributed by atoms with Crippen LogP contribution in [0.4, 0.5) is 0 Å². The van der Waals surface area contributed by atoms with Crippen LogP contribution in [0.3, 0.4) is 0 Å². The van der Waals surface area contributed by atoms with E-state index >= 15 is 0 Å². The summed E-state index contributed by atoms with van der Waals surface area (Å²) in [6.07, 6.45) is 2.26. The second-order valence-corrected chi connectivity index (χ2v) is 2.58. The van der Waals surface area contributed by atoms with Crippen LogP contribution >= 0.6 is 0 Å². The quantitative estimate of drug-likeness (QED) is 0.599. The van der Waals surface area contributed by atoms with Gasteiger partial charge in [0.25, 0.3) is 0 Å². The molecule has 0 rings (SSSR count). The SMILES string of the molecule is CCC(CCCOC)C(=O)O. The Morgan fingerprint density at radius 3 is 2.64 bits per heavy atom. The summed E-state index contributed by atoms with van der Waals surface area (Å²) in [5, 5.41) is 8.63. The van der Waals surface area contributed by atoms with E-state index < -0.39 is 5.97 Å². The van der Waals surface area contributed by atoms with Crippen molar-refractivity contribution in [3.05, 3.63) is 0 Å². The Balaban J connectivity index is 3.44. The van der Waals surface area contributed by atoms with Gasteiger partial charge in [-0.2, -0.15) is 0 Å². The molecule has 0 aromatic heterocycles. The minimum absolute atomic E-state index is 0.190. The van der Waals surface area contributed by atoms with Gasteiger partial charge in [0, 0.05) is 13.7 Å². The topological polar surface area (TPSA) is 46.5 Å². The smallest absolute Gasteiger partial charge is 0.306 e.